The Morgan fingerprint density at radius 1 is 1.25 bits per heavy atom. The van der Waals surface area contributed by atoms with Crippen LogP contribution >= 0.6 is 0 Å². The minimum Gasteiger partial charge on any atom is -0.206 e. The van der Waals surface area contributed by atoms with Crippen LogP contribution in [0, 0.1) is 17.8 Å². The molecule has 12 heavy (non-hydrogen) atoms. The molecule has 1 saturated carbocycles. The van der Waals surface area contributed by atoms with Crippen molar-refractivity contribution in [3.05, 3.63) is 0 Å². The first-order valence-corrected chi connectivity index (χ1v) is 4.88. The quantitative estimate of drug-likeness (QED) is 0.612. The van der Waals surface area contributed by atoms with E-state index in [9.17, 15) is 8.78 Å². The molecule has 0 aromatic carbocycles. The van der Waals surface area contributed by atoms with Crippen LogP contribution in [0.2, 0.25) is 0 Å². The van der Waals surface area contributed by atoms with Gasteiger partial charge in [0.25, 0.3) is 5.92 Å². The van der Waals surface area contributed by atoms with E-state index in [1.54, 1.807) is 0 Å². The first-order chi connectivity index (χ1) is 5.50. The predicted molar refractivity (Wildman–Crippen MR) is 46.3 cm³/mol. The van der Waals surface area contributed by atoms with Crippen molar-refractivity contribution in [2.24, 2.45) is 17.8 Å². The number of rotatable bonds is 4. The van der Waals surface area contributed by atoms with E-state index < -0.39 is 5.92 Å². The second kappa shape index (κ2) is 3.31. The molecule has 0 radical (unpaired) electrons. The molecule has 2 atom stereocenters. The molecule has 2 heteroatoms. The summed E-state index contributed by atoms with van der Waals surface area (Å²) in [5, 5.41) is 0. The molecule has 0 aromatic rings. The zero-order chi connectivity index (χ0) is 9.35. The summed E-state index contributed by atoms with van der Waals surface area (Å²) in [7, 11) is 0. The third-order valence-corrected chi connectivity index (χ3v) is 2.69. The van der Waals surface area contributed by atoms with Crippen LogP contribution in [0.4, 0.5) is 8.78 Å². The second-order valence-electron chi connectivity index (χ2n) is 4.31. The van der Waals surface area contributed by atoms with Gasteiger partial charge in [-0.05, 0) is 18.8 Å². The lowest BCUT2D eigenvalue weighted by Gasteiger charge is -2.01. The number of hydrogen-bond donors (Lipinski definition) is 0. The lowest BCUT2D eigenvalue weighted by atomic mass is 10.0. The van der Waals surface area contributed by atoms with E-state index in [1.165, 1.54) is 0 Å². The number of halogens is 2. The summed E-state index contributed by atoms with van der Waals surface area (Å²) in [4.78, 5) is 0. The van der Waals surface area contributed by atoms with Crippen LogP contribution in [0.1, 0.15) is 40.0 Å². The standard InChI is InChI=1S/C10H18F2/c1-4-5-8-9(6-7(2)3)10(8,11)12/h7-9H,4-6H2,1-3H3. The van der Waals surface area contributed by atoms with Crippen molar-refractivity contribution < 1.29 is 8.78 Å². The molecule has 1 fully saturated rings. The van der Waals surface area contributed by atoms with Gasteiger partial charge >= 0.3 is 0 Å². The van der Waals surface area contributed by atoms with Gasteiger partial charge in [-0.3, -0.25) is 0 Å². The van der Waals surface area contributed by atoms with Gasteiger partial charge in [-0.25, -0.2) is 8.78 Å². The Balaban J connectivity index is 2.37. The molecule has 0 saturated heterocycles. The summed E-state index contributed by atoms with van der Waals surface area (Å²) in [6, 6.07) is 0. The molecule has 0 nitrogen and oxygen atoms in total. The van der Waals surface area contributed by atoms with Crippen LogP contribution in [-0.2, 0) is 0 Å². The highest BCUT2D eigenvalue weighted by atomic mass is 19.3. The van der Waals surface area contributed by atoms with Gasteiger partial charge in [0.05, 0.1) is 0 Å². The van der Waals surface area contributed by atoms with Crippen LogP contribution in [0.5, 0.6) is 0 Å². The van der Waals surface area contributed by atoms with E-state index in [0.29, 0.717) is 18.8 Å². The summed E-state index contributed by atoms with van der Waals surface area (Å²) in [5.74, 6) is -2.54. The highest BCUT2D eigenvalue weighted by Crippen LogP contribution is 2.59. The monoisotopic (exact) mass is 176 g/mol. The third-order valence-electron chi connectivity index (χ3n) is 2.69. The molecule has 0 bridgehead atoms. The first-order valence-electron chi connectivity index (χ1n) is 4.88. The van der Waals surface area contributed by atoms with Crippen molar-refractivity contribution in [3.63, 3.8) is 0 Å². The summed E-state index contributed by atoms with van der Waals surface area (Å²) >= 11 is 0. The van der Waals surface area contributed by atoms with E-state index in [-0.39, 0.29) is 11.8 Å². The zero-order valence-corrected chi connectivity index (χ0v) is 8.11. The average molecular weight is 176 g/mol. The van der Waals surface area contributed by atoms with Crippen molar-refractivity contribution in [1.82, 2.24) is 0 Å². The van der Waals surface area contributed by atoms with Crippen LogP contribution in [-0.4, -0.2) is 5.92 Å². The SMILES string of the molecule is CCCC1C(CC(C)C)C1(F)F. The minimum atomic E-state index is -2.33. The Morgan fingerprint density at radius 3 is 2.25 bits per heavy atom. The molecule has 0 spiro atoms. The zero-order valence-electron chi connectivity index (χ0n) is 8.11. The van der Waals surface area contributed by atoms with Gasteiger partial charge in [-0.15, -0.1) is 0 Å². The highest BCUT2D eigenvalue weighted by molar-refractivity contribution is 5.04. The lowest BCUT2D eigenvalue weighted by Crippen LogP contribution is -1.97. The molecular formula is C10H18F2. The van der Waals surface area contributed by atoms with Gasteiger partial charge in [0.2, 0.25) is 0 Å². The number of alkyl halides is 2. The van der Waals surface area contributed by atoms with Crippen LogP contribution < -0.4 is 0 Å². The molecule has 1 aliphatic rings. The van der Waals surface area contributed by atoms with Crippen molar-refractivity contribution in [1.29, 1.82) is 0 Å². The Bertz CT molecular complexity index is 152. The predicted octanol–water partition coefficient (Wildman–Crippen LogP) is 3.71. The average Bonchev–Trinajstić information content (AvgIpc) is 2.39. The maximum atomic E-state index is 13.0. The maximum absolute atomic E-state index is 13.0. The summed E-state index contributed by atoms with van der Waals surface area (Å²) in [6.45, 7) is 6.00. The minimum absolute atomic E-state index is 0.301. The third kappa shape index (κ3) is 1.78. The van der Waals surface area contributed by atoms with E-state index >= 15 is 0 Å². The van der Waals surface area contributed by atoms with Gasteiger partial charge in [0.1, 0.15) is 0 Å². The van der Waals surface area contributed by atoms with Crippen molar-refractivity contribution in [2.45, 2.75) is 46.0 Å². The largest absolute Gasteiger partial charge is 0.254 e. The van der Waals surface area contributed by atoms with Crippen molar-refractivity contribution in [3.8, 4) is 0 Å². The summed E-state index contributed by atoms with van der Waals surface area (Å²) in [6.07, 6.45) is 2.27. The summed E-state index contributed by atoms with van der Waals surface area (Å²) < 4.78 is 26.0. The lowest BCUT2D eigenvalue weighted by molar-refractivity contribution is 0.0793. The van der Waals surface area contributed by atoms with E-state index in [2.05, 4.69) is 0 Å². The molecule has 0 heterocycles. The molecule has 1 aliphatic carbocycles. The van der Waals surface area contributed by atoms with Gasteiger partial charge in [-0.1, -0.05) is 27.2 Å². The van der Waals surface area contributed by atoms with Gasteiger partial charge in [0.15, 0.2) is 0 Å². The van der Waals surface area contributed by atoms with Crippen LogP contribution in [0.25, 0.3) is 0 Å². The molecule has 1 rings (SSSR count). The Kier molecular flexibility index (Phi) is 2.74. The molecule has 72 valence electrons. The van der Waals surface area contributed by atoms with Crippen LogP contribution in [0.15, 0.2) is 0 Å². The Labute approximate surface area is 73.3 Å². The molecule has 0 aromatic heterocycles. The molecule has 0 amide bonds. The molecule has 2 unspecified atom stereocenters. The first kappa shape index (κ1) is 9.94. The number of hydrogen-bond acceptors (Lipinski definition) is 0. The van der Waals surface area contributed by atoms with Crippen molar-refractivity contribution >= 4 is 0 Å². The normalized spacial score (nSPS) is 32.5. The summed E-state index contributed by atoms with van der Waals surface area (Å²) in [5.41, 5.74) is 0. The van der Waals surface area contributed by atoms with E-state index in [1.807, 2.05) is 20.8 Å². The van der Waals surface area contributed by atoms with Gasteiger partial charge < -0.3 is 0 Å². The fourth-order valence-electron chi connectivity index (χ4n) is 1.99. The molecule has 0 N–H and O–H groups in total. The Morgan fingerprint density at radius 2 is 1.83 bits per heavy atom. The van der Waals surface area contributed by atoms with E-state index in [4.69, 9.17) is 0 Å². The van der Waals surface area contributed by atoms with Crippen molar-refractivity contribution in [2.75, 3.05) is 0 Å². The van der Waals surface area contributed by atoms with E-state index in [0.717, 1.165) is 6.42 Å². The fourth-order valence-corrected chi connectivity index (χ4v) is 1.99. The maximum Gasteiger partial charge on any atom is 0.254 e. The topological polar surface area (TPSA) is 0 Å². The van der Waals surface area contributed by atoms with Gasteiger partial charge in [-0.2, -0.15) is 0 Å². The molecule has 0 aliphatic heterocycles. The Hall–Kier alpha value is -0.140. The van der Waals surface area contributed by atoms with Crippen LogP contribution in [0.3, 0.4) is 0 Å². The fraction of sp³-hybridized carbons (Fsp3) is 1.00. The second-order valence-corrected chi connectivity index (χ2v) is 4.31. The smallest absolute Gasteiger partial charge is 0.206 e. The molecular weight excluding hydrogens is 158 g/mol. The highest BCUT2D eigenvalue weighted by Gasteiger charge is 2.66. The van der Waals surface area contributed by atoms with Gasteiger partial charge in [0, 0.05) is 11.8 Å².